The highest BCUT2D eigenvalue weighted by Gasteiger charge is 2.25. The lowest BCUT2D eigenvalue weighted by molar-refractivity contribution is -0.134. The van der Waals surface area contributed by atoms with Gasteiger partial charge in [0.2, 0.25) is 5.91 Å². The molecule has 20 heavy (non-hydrogen) atoms. The van der Waals surface area contributed by atoms with Crippen molar-refractivity contribution in [3.05, 3.63) is 29.8 Å². The number of benzene rings is 1. The van der Waals surface area contributed by atoms with E-state index in [0.717, 1.165) is 18.4 Å². The number of hydrogen-bond donors (Lipinski definition) is 2. The largest absolute Gasteiger partial charge is 0.398 e. The molecule has 110 valence electrons. The maximum Gasteiger partial charge on any atom is 0.227 e. The summed E-state index contributed by atoms with van der Waals surface area (Å²) in [7, 11) is 0. The van der Waals surface area contributed by atoms with Gasteiger partial charge in [0.25, 0.3) is 0 Å². The Hall–Kier alpha value is -1.55. The molecule has 0 unspecified atom stereocenters. The van der Waals surface area contributed by atoms with E-state index in [1.807, 2.05) is 29.2 Å². The Bertz CT molecular complexity index is 442. The third-order valence-corrected chi connectivity index (χ3v) is 4.07. The third kappa shape index (κ3) is 3.73. The zero-order valence-corrected chi connectivity index (χ0v) is 11.9. The van der Waals surface area contributed by atoms with Gasteiger partial charge in [-0.1, -0.05) is 37.5 Å². The fourth-order valence-corrected chi connectivity index (χ4v) is 2.97. The number of nitrogen functional groups attached to an aromatic ring is 1. The van der Waals surface area contributed by atoms with Crippen molar-refractivity contribution in [2.24, 2.45) is 0 Å². The lowest BCUT2D eigenvalue weighted by Gasteiger charge is -2.34. The van der Waals surface area contributed by atoms with Gasteiger partial charge in [0.1, 0.15) is 0 Å². The van der Waals surface area contributed by atoms with Crippen LogP contribution in [-0.2, 0) is 11.2 Å². The number of aliphatic hydroxyl groups is 1. The highest BCUT2D eigenvalue weighted by atomic mass is 16.3. The second kappa shape index (κ2) is 7.29. The van der Waals surface area contributed by atoms with Gasteiger partial charge < -0.3 is 15.7 Å². The Kier molecular flexibility index (Phi) is 5.41. The molecule has 1 saturated carbocycles. The predicted octanol–water partition coefficient (Wildman–Crippen LogP) is 1.96. The summed E-state index contributed by atoms with van der Waals surface area (Å²) < 4.78 is 0. The summed E-state index contributed by atoms with van der Waals surface area (Å²) in [5, 5.41) is 9.22. The van der Waals surface area contributed by atoms with Crippen LogP contribution in [-0.4, -0.2) is 35.1 Å². The third-order valence-electron chi connectivity index (χ3n) is 4.07. The molecule has 1 aromatic carbocycles. The van der Waals surface area contributed by atoms with E-state index in [1.165, 1.54) is 19.3 Å². The van der Waals surface area contributed by atoms with Crippen molar-refractivity contribution in [3.8, 4) is 0 Å². The Morgan fingerprint density at radius 3 is 2.60 bits per heavy atom. The van der Waals surface area contributed by atoms with Gasteiger partial charge in [0.15, 0.2) is 0 Å². The van der Waals surface area contributed by atoms with Gasteiger partial charge in [-0.25, -0.2) is 0 Å². The van der Waals surface area contributed by atoms with Crippen LogP contribution in [0, 0.1) is 0 Å². The Labute approximate surface area is 120 Å². The molecule has 0 bridgehead atoms. The fourth-order valence-electron chi connectivity index (χ4n) is 2.97. The van der Waals surface area contributed by atoms with Crippen LogP contribution in [0.25, 0.3) is 0 Å². The molecule has 2 rings (SSSR count). The molecular formula is C16H24N2O2. The molecule has 1 fully saturated rings. The molecule has 0 atom stereocenters. The van der Waals surface area contributed by atoms with Gasteiger partial charge in [-0.05, 0) is 24.5 Å². The monoisotopic (exact) mass is 276 g/mol. The topological polar surface area (TPSA) is 66.6 Å². The zero-order valence-electron chi connectivity index (χ0n) is 11.9. The number of para-hydroxylation sites is 1. The summed E-state index contributed by atoms with van der Waals surface area (Å²) in [6.07, 6.45) is 6.03. The number of rotatable bonds is 5. The molecule has 1 aliphatic carbocycles. The second-order valence-corrected chi connectivity index (χ2v) is 5.48. The lowest BCUT2D eigenvalue weighted by Crippen LogP contribution is -2.43. The molecule has 0 spiro atoms. The number of nitrogens with zero attached hydrogens (tertiary/aromatic N) is 1. The minimum atomic E-state index is 0.0203. The zero-order chi connectivity index (χ0) is 14.4. The lowest BCUT2D eigenvalue weighted by atomic mass is 9.93. The standard InChI is InChI=1S/C16H24N2O2/c17-15-9-5-4-6-13(15)12-16(20)18(10-11-19)14-7-2-1-3-8-14/h4-6,9,14,19H,1-3,7-8,10-12,17H2. The quantitative estimate of drug-likeness (QED) is 0.808. The summed E-state index contributed by atoms with van der Waals surface area (Å²) >= 11 is 0. The van der Waals surface area contributed by atoms with Crippen LogP contribution in [0.4, 0.5) is 5.69 Å². The molecule has 0 heterocycles. The van der Waals surface area contributed by atoms with E-state index < -0.39 is 0 Å². The number of aliphatic hydroxyl groups excluding tert-OH is 1. The van der Waals surface area contributed by atoms with Gasteiger partial charge in [0.05, 0.1) is 13.0 Å². The Morgan fingerprint density at radius 1 is 1.25 bits per heavy atom. The van der Waals surface area contributed by atoms with Gasteiger partial charge in [-0.2, -0.15) is 0 Å². The molecule has 1 amide bonds. The Morgan fingerprint density at radius 2 is 1.95 bits per heavy atom. The summed E-state index contributed by atoms with van der Waals surface area (Å²) in [5.41, 5.74) is 7.43. The number of carbonyl (C=O) groups excluding carboxylic acids is 1. The van der Waals surface area contributed by atoms with Gasteiger partial charge in [-0.15, -0.1) is 0 Å². The fraction of sp³-hybridized carbons (Fsp3) is 0.562. The average molecular weight is 276 g/mol. The molecule has 0 aromatic heterocycles. The van der Waals surface area contributed by atoms with Crippen LogP contribution in [0.15, 0.2) is 24.3 Å². The highest BCUT2D eigenvalue weighted by molar-refractivity contribution is 5.80. The SMILES string of the molecule is Nc1ccccc1CC(=O)N(CCO)C1CCCCC1. The predicted molar refractivity (Wildman–Crippen MR) is 80.2 cm³/mol. The molecule has 3 N–H and O–H groups in total. The van der Waals surface area contributed by atoms with Gasteiger partial charge in [-0.3, -0.25) is 4.79 Å². The smallest absolute Gasteiger partial charge is 0.227 e. The summed E-state index contributed by atoms with van der Waals surface area (Å²) in [6, 6.07) is 7.77. The normalized spacial score (nSPS) is 16.1. The first-order valence-corrected chi connectivity index (χ1v) is 7.46. The van der Waals surface area contributed by atoms with E-state index in [1.54, 1.807) is 0 Å². The number of hydrogen-bond acceptors (Lipinski definition) is 3. The molecular weight excluding hydrogens is 252 g/mol. The van der Waals surface area contributed by atoms with Gasteiger partial charge >= 0.3 is 0 Å². The minimum Gasteiger partial charge on any atom is -0.398 e. The summed E-state index contributed by atoms with van der Waals surface area (Å²) in [4.78, 5) is 14.4. The van der Waals surface area contributed by atoms with Crippen LogP contribution in [0.5, 0.6) is 0 Å². The Balaban J connectivity index is 2.04. The molecule has 0 aliphatic heterocycles. The van der Waals surface area contributed by atoms with Crippen molar-refractivity contribution in [3.63, 3.8) is 0 Å². The molecule has 4 nitrogen and oxygen atoms in total. The van der Waals surface area contributed by atoms with Crippen molar-refractivity contribution in [2.45, 2.75) is 44.6 Å². The summed E-state index contributed by atoms with van der Waals surface area (Å²) in [6.45, 7) is 0.447. The first kappa shape index (κ1) is 14.9. The van der Waals surface area contributed by atoms with Crippen LogP contribution in [0.1, 0.15) is 37.7 Å². The highest BCUT2D eigenvalue weighted by Crippen LogP contribution is 2.23. The van der Waals surface area contributed by atoms with Crippen LogP contribution < -0.4 is 5.73 Å². The van der Waals surface area contributed by atoms with E-state index >= 15 is 0 Å². The summed E-state index contributed by atoms with van der Waals surface area (Å²) in [5.74, 6) is 0.0730. The second-order valence-electron chi connectivity index (χ2n) is 5.48. The van der Waals surface area contributed by atoms with E-state index in [-0.39, 0.29) is 18.6 Å². The van der Waals surface area contributed by atoms with Crippen molar-refractivity contribution >= 4 is 11.6 Å². The van der Waals surface area contributed by atoms with Crippen molar-refractivity contribution in [1.29, 1.82) is 0 Å². The maximum atomic E-state index is 12.5. The van der Waals surface area contributed by atoms with Gasteiger partial charge in [0, 0.05) is 18.3 Å². The number of anilines is 1. The first-order chi connectivity index (χ1) is 9.72. The van der Waals surface area contributed by atoms with E-state index in [9.17, 15) is 9.90 Å². The van der Waals surface area contributed by atoms with Crippen LogP contribution in [0.2, 0.25) is 0 Å². The minimum absolute atomic E-state index is 0.0203. The van der Waals surface area contributed by atoms with E-state index in [2.05, 4.69) is 0 Å². The first-order valence-electron chi connectivity index (χ1n) is 7.46. The van der Waals surface area contributed by atoms with Crippen molar-refractivity contribution < 1.29 is 9.90 Å². The van der Waals surface area contributed by atoms with Crippen LogP contribution >= 0.6 is 0 Å². The molecule has 0 saturated heterocycles. The number of nitrogens with two attached hydrogens (primary N) is 1. The number of amides is 1. The molecule has 1 aliphatic rings. The molecule has 0 radical (unpaired) electrons. The van der Waals surface area contributed by atoms with Crippen molar-refractivity contribution in [2.75, 3.05) is 18.9 Å². The van der Waals surface area contributed by atoms with E-state index in [0.29, 0.717) is 18.7 Å². The maximum absolute atomic E-state index is 12.5. The molecule has 1 aromatic rings. The van der Waals surface area contributed by atoms with Crippen molar-refractivity contribution in [1.82, 2.24) is 4.90 Å². The number of carbonyl (C=O) groups is 1. The average Bonchev–Trinajstić information content (AvgIpc) is 2.48. The van der Waals surface area contributed by atoms with Crippen LogP contribution in [0.3, 0.4) is 0 Å². The molecule has 4 heteroatoms. The van der Waals surface area contributed by atoms with E-state index in [4.69, 9.17) is 5.73 Å².